The molecule has 0 fully saturated rings. The minimum atomic E-state index is -0.698. The summed E-state index contributed by atoms with van der Waals surface area (Å²) in [5.74, 6) is 0.174. The molecule has 3 nitrogen and oxygen atoms in total. The van der Waals surface area contributed by atoms with Crippen molar-refractivity contribution in [2.45, 2.75) is 26.9 Å². The predicted octanol–water partition coefficient (Wildman–Crippen LogP) is 5.78. The number of hydrogen-bond acceptors (Lipinski definition) is 2. The van der Waals surface area contributed by atoms with Crippen LogP contribution in [0.1, 0.15) is 18.1 Å². The highest BCUT2D eigenvalue weighted by molar-refractivity contribution is 9.10. The van der Waals surface area contributed by atoms with E-state index in [4.69, 9.17) is 27.9 Å². The largest absolute Gasteiger partial charge is 0.479 e. The molecule has 2 aromatic rings. The lowest BCUT2D eigenvalue weighted by Crippen LogP contribution is -2.30. The average Bonchev–Trinajstić information content (AvgIpc) is 2.45. The van der Waals surface area contributed by atoms with Gasteiger partial charge in [0, 0.05) is 15.2 Å². The number of aryl methyl sites for hydroxylation is 2. The normalized spacial score (nSPS) is 11.9. The number of rotatable bonds is 4. The van der Waals surface area contributed by atoms with Crippen LogP contribution in [0.5, 0.6) is 5.75 Å². The van der Waals surface area contributed by atoms with Gasteiger partial charge >= 0.3 is 0 Å². The quantitative estimate of drug-likeness (QED) is 0.685. The summed E-state index contributed by atoms with van der Waals surface area (Å²) in [5.41, 5.74) is 2.74. The average molecular weight is 417 g/mol. The van der Waals surface area contributed by atoms with Crippen molar-refractivity contribution in [2.75, 3.05) is 5.32 Å². The molecule has 6 heteroatoms. The van der Waals surface area contributed by atoms with Crippen LogP contribution < -0.4 is 10.1 Å². The second kappa shape index (κ2) is 7.56. The smallest absolute Gasteiger partial charge is 0.265 e. The van der Waals surface area contributed by atoms with Crippen molar-refractivity contribution in [3.05, 3.63) is 56.0 Å². The molecule has 1 atom stereocenters. The maximum Gasteiger partial charge on any atom is 0.265 e. The summed E-state index contributed by atoms with van der Waals surface area (Å²) in [7, 11) is 0. The van der Waals surface area contributed by atoms with E-state index in [1.165, 1.54) is 0 Å². The number of benzene rings is 2. The van der Waals surface area contributed by atoms with E-state index in [0.717, 1.165) is 21.3 Å². The minimum absolute atomic E-state index is 0.246. The molecule has 0 saturated carbocycles. The zero-order chi connectivity index (χ0) is 17.1. The van der Waals surface area contributed by atoms with Crippen molar-refractivity contribution in [3.8, 4) is 5.75 Å². The van der Waals surface area contributed by atoms with Gasteiger partial charge in [0.15, 0.2) is 6.10 Å². The van der Waals surface area contributed by atoms with E-state index in [9.17, 15) is 4.79 Å². The van der Waals surface area contributed by atoms with Gasteiger partial charge in [0.25, 0.3) is 5.91 Å². The maximum absolute atomic E-state index is 12.4. The van der Waals surface area contributed by atoms with Gasteiger partial charge in [0.05, 0.1) is 5.02 Å². The van der Waals surface area contributed by atoms with Gasteiger partial charge in [-0.05, 0) is 62.2 Å². The molecule has 23 heavy (non-hydrogen) atoms. The molecule has 0 bridgehead atoms. The van der Waals surface area contributed by atoms with E-state index in [2.05, 4.69) is 21.2 Å². The van der Waals surface area contributed by atoms with Gasteiger partial charge in [-0.25, -0.2) is 0 Å². The molecule has 1 N–H and O–H groups in total. The Morgan fingerprint density at radius 3 is 2.35 bits per heavy atom. The molecule has 0 heterocycles. The molecular weight excluding hydrogens is 401 g/mol. The second-order valence-electron chi connectivity index (χ2n) is 5.24. The van der Waals surface area contributed by atoms with Crippen LogP contribution in [-0.2, 0) is 4.79 Å². The fraction of sp³-hybridized carbons (Fsp3) is 0.235. The van der Waals surface area contributed by atoms with E-state index in [0.29, 0.717) is 15.8 Å². The molecule has 0 spiro atoms. The van der Waals surface area contributed by atoms with Crippen molar-refractivity contribution >= 4 is 50.7 Å². The van der Waals surface area contributed by atoms with Crippen LogP contribution in [0.15, 0.2) is 34.8 Å². The van der Waals surface area contributed by atoms with Crippen molar-refractivity contribution in [3.63, 3.8) is 0 Å². The van der Waals surface area contributed by atoms with Gasteiger partial charge in [-0.15, -0.1) is 0 Å². The van der Waals surface area contributed by atoms with Crippen LogP contribution in [0.3, 0.4) is 0 Å². The van der Waals surface area contributed by atoms with E-state index in [1.807, 2.05) is 26.0 Å². The van der Waals surface area contributed by atoms with E-state index in [-0.39, 0.29) is 5.91 Å². The number of amides is 1. The number of carbonyl (C=O) groups is 1. The summed E-state index contributed by atoms with van der Waals surface area (Å²) in [4.78, 5) is 12.4. The predicted molar refractivity (Wildman–Crippen MR) is 98.8 cm³/mol. The first-order valence-corrected chi connectivity index (χ1v) is 8.52. The summed E-state index contributed by atoms with van der Waals surface area (Å²) >= 11 is 15.3. The minimum Gasteiger partial charge on any atom is -0.479 e. The zero-order valence-electron chi connectivity index (χ0n) is 12.9. The molecular formula is C17H16BrCl2NO2. The van der Waals surface area contributed by atoms with Crippen LogP contribution in [0, 0.1) is 13.8 Å². The van der Waals surface area contributed by atoms with E-state index < -0.39 is 6.10 Å². The Hall–Kier alpha value is -1.23. The monoisotopic (exact) mass is 415 g/mol. The van der Waals surface area contributed by atoms with Crippen molar-refractivity contribution in [2.24, 2.45) is 0 Å². The van der Waals surface area contributed by atoms with Crippen molar-refractivity contribution < 1.29 is 9.53 Å². The highest BCUT2D eigenvalue weighted by atomic mass is 79.9. The van der Waals surface area contributed by atoms with Crippen LogP contribution in [-0.4, -0.2) is 12.0 Å². The van der Waals surface area contributed by atoms with E-state index in [1.54, 1.807) is 25.1 Å². The molecule has 0 radical (unpaired) electrons. The molecule has 2 rings (SSSR count). The van der Waals surface area contributed by atoms with Crippen LogP contribution >= 0.6 is 39.1 Å². The SMILES string of the molecule is Cc1cc(Br)cc(C)c1NC(=O)[C@H](C)Oc1ccc(Cl)cc1Cl. The molecule has 0 aliphatic rings. The summed E-state index contributed by atoms with van der Waals surface area (Å²) in [6.45, 7) is 5.55. The molecule has 0 aromatic heterocycles. The Balaban J connectivity index is 2.11. The highest BCUT2D eigenvalue weighted by Crippen LogP contribution is 2.29. The lowest BCUT2D eigenvalue weighted by molar-refractivity contribution is -0.122. The number of halogens is 3. The highest BCUT2D eigenvalue weighted by Gasteiger charge is 2.18. The Morgan fingerprint density at radius 1 is 1.17 bits per heavy atom. The Labute approximate surface area is 154 Å². The first kappa shape index (κ1) is 18.1. The standard InChI is InChI=1S/C17H16BrCl2NO2/c1-9-6-12(18)7-10(2)16(9)21-17(22)11(3)23-15-5-4-13(19)8-14(15)20/h4-8,11H,1-3H3,(H,21,22)/t11-/m0/s1. The summed E-state index contributed by atoms with van der Waals surface area (Å²) in [6, 6.07) is 8.78. The Bertz CT molecular complexity index is 726. The lowest BCUT2D eigenvalue weighted by Gasteiger charge is -2.18. The summed E-state index contributed by atoms with van der Waals surface area (Å²) < 4.78 is 6.60. The van der Waals surface area contributed by atoms with Gasteiger partial charge in [0.2, 0.25) is 0 Å². The van der Waals surface area contributed by atoms with Crippen molar-refractivity contribution in [1.29, 1.82) is 0 Å². The number of carbonyl (C=O) groups excluding carboxylic acids is 1. The van der Waals surface area contributed by atoms with Crippen LogP contribution in [0.25, 0.3) is 0 Å². The van der Waals surface area contributed by atoms with E-state index >= 15 is 0 Å². The van der Waals surface area contributed by atoms with Crippen molar-refractivity contribution in [1.82, 2.24) is 0 Å². The van der Waals surface area contributed by atoms with Gasteiger partial charge in [-0.1, -0.05) is 39.1 Å². The fourth-order valence-electron chi connectivity index (χ4n) is 2.15. The molecule has 1 amide bonds. The Kier molecular flexibility index (Phi) is 5.95. The third-order valence-electron chi connectivity index (χ3n) is 3.31. The molecule has 0 aliphatic carbocycles. The van der Waals surface area contributed by atoms with Gasteiger partial charge in [-0.3, -0.25) is 4.79 Å². The molecule has 122 valence electrons. The first-order valence-electron chi connectivity index (χ1n) is 6.97. The fourth-order valence-corrected chi connectivity index (χ4v) is 3.29. The van der Waals surface area contributed by atoms with Gasteiger partial charge in [0.1, 0.15) is 5.75 Å². The van der Waals surface area contributed by atoms with Crippen LogP contribution in [0.4, 0.5) is 5.69 Å². The number of anilines is 1. The summed E-state index contributed by atoms with van der Waals surface area (Å²) in [5, 5.41) is 3.79. The van der Waals surface area contributed by atoms with Gasteiger partial charge < -0.3 is 10.1 Å². The second-order valence-corrected chi connectivity index (χ2v) is 7.00. The summed E-state index contributed by atoms with van der Waals surface area (Å²) in [6.07, 6.45) is -0.698. The molecule has 0 aliphatic heterocycles. The topological polar surface area (TPSA) is 38.3 Å². The zero-order valence-corrected chi connectivity index (χ0v) is 16.0. The van der Waals surface area contributed by atoms with Crippen LogP contribution in [0.2, 0.25) is 10.0 Å². The lowest BCUT2D eigenvalue weighted by atomic mass is 10.1. The number of ether oxygens (including phenoxy) is 1. The third kappa shape index (κ3) is 4.63. The first-order chi connectivity index (χ1) is 10.8. The molecule has 0 unspecified atom stereocenters. The molecule has 0 saturated heterocycles. The number of hydrogen-bond donors (Lipinski definition) is 1. The third-order valence-corrected chi connectivity index (χ3v) is 4.30. The Morgan fingerprint density at radius 2 is 1.78 bits per heavy atom. The number of nitrogens with one attached hydrogen (secondary N) is 1. The molecule has 2 aromatic carbocycles. The maximum atomic E-state index is 12.4. The van der Waals surface area contributed by atoms with Gasteiger partial charge in [-0.2, -0.15) is 0 Å².